The van der Waals surface area contributed by atoms with Gasteiger partial charge in [0.1, 0.15) is 0 Å². The van der Waals surface area contributed by atoms with E-state index in [2.05, 4.69) is 15.6 Å². The Kier molecular flexibility index (Phi) is 4.66. The number of benzene rings is 1. The molecule has 0 fully saturated rings. The number of hydrogen-bond donors (Lipinski definition) is 2. The molecule has 0 radical (unpaired) electrons. The van der Waals surface area contributed by atoms with Crippen LogP contribution in [0.3, 0.4) is 0 Å². The second-order valence-electron chi connectivity index (χ2n) is 4.73. The zero-order valence-electron chi connectivity index (χ0n) is 12.0. The molecule has 0 aliphatic rings. The van der Waals surface area contributed by atoms with E-state index in [1.54, 1.807) is 36.7 Å². The third kappa shape index (κ3) is 4.14. The Morgan fingerprint density at radius 2 is 1.67 bits per heavy atom. The lowest BCUT2D eigenvalue weighted by Crippen LogP contribution is -2.26. The van der Waals surface area contributed by atoms with Gasteiger partial charge in [-0.1, -0.05) is 0 Å². The van der Waals surface area contributed by atoms with E-state index in [0.717, 1.165) is 5.56 Å². The Labute approximate surface area is 123 Å². The quantitative estimate of drug-likeness (QED) is 0.905. The van der Waals surface area contributed by atoms with E-state index in [1.165, 1.54) is 6.92 Å². The van der Waals surface area contributed by atoms with Crippen molar-refractivity contribution in [1.82, 2.24) is 10.3 Å². The molecule has 1 heterocycles. The van der Waals surface area contributed by atoms with E-state index in [0.29, 0.717) is 11.3 Å². The van der Waals surface area contributed by atoms with Gasteiger partial charge in [-0.25, -0.2) is 0 Å². The number of carbonyl (C=O) groups is 2. The summed E-state index contributed by atoms with van der Waals surface area (Å²) < 4.78 is 0. The predicted octanol–water partition coefficient (Wildman–Crippen LogP) is 2.53. The highest BCUT2D eigenvalue weighted by Crippen LogP contribution is 2.13. The van der Waals surface area contributed by atoms with Crippen molar-refractivity contribution in [3.8, 4) is 0 Å². The molecule has 2 amide bonds. The molecule has 0 unspecified atom stereocenters. The predicted molar refractivity (Wildman–Crippen MR) is 80.9 cm³/mol. The smallest absolute Gasteiger partial charge is 0.251 e. The lowest BCUT2D eigenvalue weighted by molar-refractivity contribution is -0.114. The van der Waals surface area contributed by atoms with Crippen LogP contribution in [0.1, 0.15) is 35.8 Å². The van der Waals surface area contributed by atoms with Gasteiger partial charge in [0.25, 0.3) is 5.91 Å². The average molecular weight is 283 g/mol. The number of pyridine rings is 1. The van der Waals surface area contributed by atoms with Gasteiger partial charge in [-0.05, 0) is 48.9 Å². The molecule has 2 rings (SSSR count). The Morgan fingerprint density at radius 1 is 1.05 bits per heavy atom. The van der Waals surface area contributed by atoms with Crippen LogP contribution in [-0.4, -0.2) is 16.8 Å². The molecule has 0 saturated carbocycles. The first-order valence-corrected chi connectivity index (χ1v) is 6.64. The Hall–Kier alpha value is -2.69. The number of carbonyl (C=O) groups excluding carboxylic acids is 2. The highest BCUT2D eigenvalue weighted by molar-refractivity contribution is 5.95. The summed E-state index contributed by atoms with van der Waals surface area (Å²) in [5, 5.41) is 5.58. The maximum Gasteiger partial charge on any atom is 0.251 e. The van der Waals surface area contributed by atoms with Crippen LogP contribution in [0, 0.1) is 0 Å². The Bertz CT molecular complexity index is 624. The summed E-state index contributed by atoms with van der Waals surface area (Å²) in [5.74, 6) is -0.299. The number of hydrogen-bond acceptors (Lipinski definition) is 3. The van der Waals surface area contributed by atoms with Gasteiger partial charge in [0.05, 0.1) is 6.04 Å². The molecule has 0 saturated heterocycles. The van der Waals surface area contributed by atoms with Crippen molar-refractivity contribution in [2.24, 2.45) is 0 Å². The largest absolute Gasteiger partial charge is 0.346 e. The number of nitrogens with zero attached hydrogens (tertiary/aromatic N) is 1. The number of amides is 2. The van der Waals surface area contributed by atoms with E-state index in [-0.39, 0.29) is 17.9 Å². The summed E-state index contributed by atoms with van der Waals surface area (Å²) in [6, 6.07) is 10.4. The second-order valence-corrected chi connectivity index (χ2v) is 4.73. The molecule has 2 aromatic rings. The molecule has 1 aromatic heterocycles. The van der Waals surface area contributed by atoms with Crippen LogP contribution in [0.25, 0.3) is 0 Å². The molecular weight excluding hydrogens is 266 g/mol. The molecule has 5 heteroatoms. The zero-order chi connectivity index (χ0) is 15.2. The molecule has 0 aliphatic carbocycles. The molecule has 108 valence electrons. The molecule has 21 heavy (non-hydrogen) atoms. The van der Waals surface area contributed by atoms with Gasteiger partial charge in [-0.3, -0.25) is 14.6 Å². The molecule has 0 spiro atoms. The van der Waals surface area contributed by atoms with Crippen molar-refractivity contribution < 1.29 is 9.59 Å². The van der Waals surface area contributed by atoms with Crippen LogP contribution in [0.2, 0.25) is 0 Å². The SMILES string of the molecule is CC(=O)Nc1ccc(C(=O)N[C@H](C)c2ccncc2)cc1. The summed E-state index contributed by atoms with van der Waals surface area (Å²) in [5.41, 5.74) is 2.21. The first-order valence-electron chi connectivity index (χ1n) is 6.64. The standard InChI is InChI=1S/C16H17N3O2/c1-11(13-7-9-17-10-8-13)18-16(21)14-3-5-15(6-4-14)19-12(2)20/h3-11H,1-2H3,(H,18,21)(H,19,20)/t11-/m1/s1. The summed E-state index contributed by atoms with van der Waals surface area (Å²) in [6.45, 7) is 3.36. The second kappa shape index (κ2) is 6.65. The minimum Gasteiger partial charge on any atom is -0.346 e. The molecular formula is C16H17N3O2. The van der Waals surface area contributed by atoms with Crippen LogP contribution < -0.4 is 10.6 Å². The normalized spacial score (nSPS) is 11.5. The van der Waals surface area contributed by atoms with Crippen molar-refractivity contribution in [1.29, 1.82) is 0 Å². The third-order valence-corrected chi connectivity index (χ3v) is 3.02. The molecule has 1 aromatic carbocycles. The first-order chi connectivity index (χ1) is 10.1. The van der Waals surface area contributed by atoms with Crippen LogP contribution >= 0.6 is 0 Å². The van der Waals surface area contributed by atoms with E-state index in [1.807, 2.05) is 19.1 Å². The number of rotatable bonds is 4. The Balaban J connectivity index is 2.01. The average Bonchev–Trinajstić information content (AvgIpc) is 2.48. The molecule has 1 atom stereocenters. The lowest BCUT2D eigenvalue weighted by Gasteiger charge is -2.14. The van der Waals surface area contributed by atoms with Gasteiger partial charge in [-0.15, -0.1) is 0 Å². The third-order valence-electron chi connectivity index (χ3n) is 3.02. The monoisotopic (exact) mass is 283 g/mol. The summed E-state index contributed by atoms with van der Waals surface area (Å²) in [7, 11) is 0. The van der Waals surface area contributed by atoms with E-state index >= 15 is 0 Å². The summed E-state index contributed by atoms with van der Waals surface area (Å²) >= 11 is 0. The first kappa shape index (κ1) is 14.7. The van der Waals surface area contributed by atoms with Crippen molar-refractivity contribution in [2.75, 3.05) is 5.32 Å². The van der Waals surface area contributed by atoms with Crippen LogP contribution in [-0.2, 0) is 4.79 Å². The van der Waals surface area contributed by atoms with Crippen LogP contribution in [0.5, 0.6) is 0 Å². The maximum absolute atomic E-state index is 12.1. The van der Waals surface area contributed by atoms with Gasteiger partial charge < -0.3 is 10.6 Å². The fraction of sp³-hybridized carbons (Fsp3) is 0.188. The molecule has 5 nitrogen and oxygen atoms in total. The fourth-order valence-corrected chi connectivity index (χ4v) is 1.92. The zero-order valence-corrected chi connectivity index (χ0v) is 12.0. The molecule has 0 aliphatic heterocycles. The van der Waals surface area contributed by atoms with Gasteiger partial charge in [0.2, 0.25) is 5.91 Å². The highest BCUT2D eigenvalue weighted by atomic mass is 16.2. The van der Waals surface area contributed by atoms with Crippen molar-refractivity contribution in [3.05, 3.63) is 59.9 Å². The summed E-state index contributed by atoms with van der Waals surface area (Å²) in [4.78, 5) is 27.0. The van der Waals surface area contributed by atoms with Crippen molar-refractivity contribution in [2.45, 2.75) is 19.9 Å². The van der Waals surface area contributed by atoms with E-state index in [9.17, 15) is 9.59 Å². The van der Waals surface area contributed by atoms with Crippen LogP contribution in [0.4, 0.5) is 5.69 Å². The van der Waals surface area contributed by atoms with Crippen LogP contribution in [0.15, 0.2) is 48.8 Å². The minimum absolute atomic E-state index is 0.101. The molecule has 2 N–H and O–H groups in total. The lowest BCUT2D eigenvalue weighted by atomic mass is 10.1. The highest BCUT2D eigenvalue weighted by Gasteiger charge is 2.11. The van der Waals surface area contributed by atoms with Gasteiger partial charge in [0.15, 0.2) is 0 Å². The van der Waals surface area contributed by atoms with E-state index in [4.69, 9.17) is 0 Å². The van der Waals surface area contributed by atoms with Gasteiger partial charge in [-0.2, -0.15) is 0 Å². The van der Waals surface area contributed by atoms with Gasteiger partial charge >= 0.3 is 0 Å². The maximum atomic E-state index is 12.1. The number of anilines is 1. The van der Waals surface area contributed by atoms with E-state index < -0.39 is 0 Å². The van der Waals surface area contributed by atoms with Crippen molar-refractivity contribution in [3.63, 3.8) is 0 Å². The minimum atomic E-state index is -0.159. The number of aromatic nitrogens is 1. The summed E-state index contributed by atoms with van der Waals surface area (Å²) in [6.07, 6.45) is 3.39. The Morgan fingerprint density at radius 3 is 2.24 bits per heavy atom. The number of nitrogens with one attached hydrogen (secondary N) is 2. The fourth-order valence-electron chi connectivity index (χ4n) is 1.92. The van der Waals surface area contributed by atoms with Gasteiger partial charge in [0, 0.05) is 30.6 Å². The molecule has 0 bridgehead atoms. The van der Waals surface area contributed by atoms with Crippen molar-refractivity contribution >= 4 is 17.5 Å². The topological polar surface area (TPSA) is 71.1 Å².